The molecule has 1 rings (SSSR count). The molecule has 1 aromatic heterocycles. The maximum Gasteiger partial charge on any atom is 0.389 e. The lowest BCUT2D eigenvalue weighted by Crippen LogP contribution is -2.18. The summed E-state index contributed by atoms with van der Waals surface area (Å²) in [6.45, 7) is 5.03. The Morgan fingerprint density at radius 1 is 1.44 bits per heavy atom. The van der Waals surface area contributed by atoms with Crippen molar-refractivity contribution in [1.29, 1.82) is 0 Å². The van der Waals surface area contributed by atoms with E-state index in [-0.39, 0.29) is 6.42 Å². The Labute approximate surface area is 105 Å². The molecular weight excluding hydrogens is 243 g/mol. The summed E-state index contributed by atoms with van der Waals surface area (Å²) in [5.74, 6) is 0. The minimum atomic E-state index is -4.06. The first-order chi connectivity index (χ1) is 8.42. The molecule has 104 valence electrons. The fraction of sp³-hybridized carbons (Fsp3) is 0.750. The van der Waals surface area contributed by atoms with E-state index < -0.39 is 12.6 Å². The smallest absolute Gasteiger partial charge is 0.311 e. The highest BCUT2D eigenvalue weighted by Gasteiger charge is 2.25. The van der Waals surface area contributed by atoms with Gasteiger partial charge in [0, 0.05) is 25.2 Å². The summed E-state index contributed by atoms with van der Waals surface area (Å²) < 4.78 is 37.6. The van der Waals surface area contributed by atoms with Gasteiger partial charge in [0.1, 0.15) is 0 Å². The lowest BCUT2D eigenvalue weighted by atomic mass is 10.3. The first kappa shape index (κ1) is 15.0. The van der Waals surface area contributed by atoms with Gasteiger partial charge in [0.05, 0.1) is 5.69 Å². The molecule has 1 atom stereocenters. The lowest BCUT2D eigenvalue weighted by Gasteiger charge is -2.08. The summed E-state index contributed by atoms with van der Waals surface area (Å²) >= 11 is 0. The van der Waals surface area contributed by atoms with Crippen molar-refractivity contribution < 1.29 is 13.2 Å². The van der Waals surface area contributed by atoms with E-state index in [2.05, 4.69) is 24.3 Å². The van der Waals surface area contributed by atoms with Crippen LogP contribution in [0.4, 0.5) is 13.2 Å². The predicted octanol–water partition coefficient (Wildman–Crippen LogP) is 3.29. The number of nitrogens with one attached hydrogen (secondary N) is 1. The van der Waals surface area contributed by atoms with Gasteiger partial charge < -0.3 is 5.32 Å². The van der Waals surface area contributed by atoms with Gasteiger partial charge in [0.15, 0.2) is 0 Å². The van der Waals surface area contributed by atoms with Crippen molar-refractivity contribution in [2.75, 3.05) is 6.54 Å². The van der Waals surface area contributed by atoms with Crippen LogP contribution in [0, 0.1) is 0 Å². The fourth-order valence-electron chi connectivity index (χ4n) is 1.53. The van der Waals surface area contributed by atoms with Crippen LogP contribution in [0.1, 0.15) is 44.8 Å². The molecule has 3 nitrogen and oxygen atoms in total. The predicted molar refractivity (Wildman–Crippen MR) is 64.2 cm³/mol. The summed E-state index contributed by atoms with van der Waals surface area (Å²) in [7, 11) is 0. The Morgan fingerprint density at radius 2 is 2.17 bits per heavy atom. The van der Waals surface area contributed by atoms with Crippen LogP contribution in [-0.2, 0) is 6.54 Å². The van der Waals surface area contributed by atoms with Crippen LogP contribution < -0.4 is 5.32 Å². The Balaban J connectivity index is 2.22. The molecule has 1 N–H and O–H groups in total. The molecule has 0 aliphatic carbocycles. The van der Waals surface area contributed by atoms with Crippen molar-refractivity contribution in [2.45, 2.75) is 51.9 Å². The van der Waals surface area contributed by atoms with Crippen molar-refractivity contribution in [1.82, 2.24) is 15.1 Å². The number of halogens is 3. The lowest BCUT2D eigenvalue weighted by molar-refractivity contribution is -0.135. The molecule has 1 aromatic rings. The van der Waals surface area contributed by atoms with Crippen molar-refractivity contribution >= 4 is 0 Å². The number of nitrogens with zero attached hydrogens (tertiary/aromatic N) is 2. The second-order valence-electron chi connectivity index (χ2n) is 4.44. The monoisotopic (exact) mass is 263 g/mol. The largest absolute Gasteiger partial charge is 0.389 e. The third-order valence-electron chi connectivity index (χ3n) is 2.83. The van der Waals surface area contributed by atoms with Gasteiger partial charge in [-0.1, -0.05) is 6.92 Å². The van der Waals surface area contributed by atoms with Gasteiger partial charge in [-0.05, 0) is 32.4 Å². The molecule has 0 fully saturated rings. The minimum Gasteiger partial charge on any atom is -0.311 e. The zero-order valence-electron chi connectivity index (χ0n) is 10.8. The number of aromatic nitrogens is 2. The molecule has 0 saturated heterocycles. The molecule has 0 spiro atoms. The third kappa shape index (κ3) is 5.53. The van der Waals surface area contributed by atoms with E-state index in [1.807, 2.05) is 16.9 Å². The normalized spacial score (nSPS) is 13.8. The SMILES string of the molecule is CCC(C)n1ccc(CNCCCC(F)(F)F)n1. The van der Waals surface area contributed by atoms with Crippen LogP contribution in [0.15, 0.2) is 12.3 Å². The van der Waals surface area contributed by atoms with E-state index in [9.17, 15) is 13.2 Å². The molecule has 0 aliphatic heterocycles. The Bertz CT molecular complexity index is 347. The molecular formula is C12H20F3N3. The van der Waals surface area contributed by atoms with Gasteiger partial charge in [-0.2, -0.15) is 18.3 Å². The van der Waals surface area contributed by atoms with E-state index >= 15 is 0 Å². The van der Waals surface area contributed by atoms with Crippen LogP contribution in [0.5, 0.6) is 0 Å². The molecule has 0 aromatic carbocycles. The Kier molecular flexibility index (Phi) is 5.65. The molecule has 0 radical (unpaired) electrons. The molecule has 18 heavy (non-hydrogen) atoms. The standard InChI is InChI=1S/C12H20F3N3/c1-3-10(2)18-8-5-11(17-18)9-16-7-4-6-12(13,14)15/h5,8,10,16H,3-4,6-7,9H2,1-2H3. The van der Waals surface area contributed by atoms with Gasteiger partial charge in [-0.15, -0.1) is 0 Å². The summed E-state index contributed by atoms with van der Waals surface area (Å²) in [6, 6.07) is 2.24. The number of hydrogen-bond acceptors (Lipinski definition) is 2. The second kappa shape index (κ2) is 6.78. The third-order valence-corrected chi connectivity index (χ3v) is 2.83. The maximum atomic E-state index is 11.9. The van der Waals surface area contributed by atoms with E-state index in [1.54, 1.807) is 0 Å². The van der Waals surface area contributed by atoms with Crippen molar-refractivity contribution in [3.05, 3.63) is 18.0 Å². The van der Waals surface area contributed by atoms with E-state index in [1.165, 1.54) is 0 Å². The van der Waals surface area contributed by atoms with Crippen LogP contribution in [0.3, 0.4) is 0 Å². The van der Waals surface area contributed by atoms with E-state index in [0.29, 0.717) is 19.1 Å². The van der Waals surface area contributed by atoms with E-state index in [4.69, 9.17) is 0 Å². The average Bonchev–Trinajstić information content (AvgIpc) is 2.75. The van der Waals surface area contributed by atoms with Gasteiger partial charge in [0.25, 0.3) is 0 Å². The highest BCUT2D eigenvalue weighted by molar-refractivity contribution is 4.99. The van der Waals surface area contributed by atoms with Crippen molar-refractivity contribution in [2.24, 2.45) is 0 Å². The highest BCUT2D eigenvalue weighted by atomic mass is 19.4. The van der Waals surface area contributed by atoms with Gasteiger partial charge in [0.2, 0.25) is 0 Å². The maximum absolute atomic E-state index is 11.9. The topological polar surface area (TPSA) is 29.9 Å². The Morgan fingerprint density at radius 3 is 2.78 bits per heavy atom. The molecule has 6 heteroatoms. The van der Waals surface area contributed by atoms with Crippen LogP contribution in [-0.4, -0.2) is 22.5 Å². The number of rotatable bonds is 7. The molecule has 0 saturated carbocycles. The van der Waals surface area contributed by atoms with Crippen LogP contribution >= 0.6 is 0 Å². The molecule has 0 amide bonds. The number of alkyl halides is 3. The molecule has 1 unspecified atom stereocenters. The van der Waals surface area contributed by atoms with Gasteiger partial charge >= 0.3 is 6.18 Å². The first-order valence-electron chi connectivity index (χ1n) is 6.24. The molecule has 0 aliphatic rings. The molecule has 0 bridgehead atoms. The van der Waals surface area contributed by atoms with Crippen molar-refractivity contribution in [3.63, 3.8) is 0 Å². The summed E-state index contributed by atoms with van der Waals surface area (Å²) in [6.07, 6.45) is -1.78. The highest BCUT2D eigenvalue weighted by Crippen LogP contribution is 2.20. The number of hydrogen-bond donors (Lipinski definition) is 1. The summed E-state index contributed by atoms with van der Waals surface area (Å²) in [5, 5.41) is 7.33. The Hall–Kier alpha value is -1.04. The van der Waals surface area contributed by atoms with Crippen molar-refractivity contribution in [3.8, 4) is 0 Å². The second-order valence-corrected chi connectivity index (χ2v) is 4.44. The molecule has 1 heterocycles. The van der Waals surface area contributed by atoms with Gasteiger partial charge in [-0.25, -0.2) is 0 Å². The van der Waals surface area contributed by atoms with Gasteiger partial charge in [-0.3, -0.25) is 4.68 Å². The quantitative estimate of drug-likeness (QED) is 0.765. The zero-order valence-corrected chi connectivity index (χ0v) is 10.8. The van der Waals surface area contributed by atoms with Crippen LogP contribution in [0.2, 0.25) is 0 Å². The summed E-state index contributed by atoms with van der Waals surface area (Å²) in [4.78, 5) is 0. The minimum absolute atomic E-state index is 0.107. The average molecular weight is 263 g/mol. The van der Waals surface area contributed by atoms with E-state index in [0.717, 1.165) is 12.1 Å². The van der Waals surface area contributed by atoms with Crippen LogP contribution in [0.25, 0.3) is 0 Å². The first-order valence-corrected chi connectivity index (χ1v) is 6.24. The zero-order chi connectivity index (χ0) is 13.6. The fourth-order valence-corrected chi connectivity index (χ4v) is 1.53. The summed E-state index contributed by atoms with van der Waals surface area (Å²) in [5.41, 5.74) is 0.863.